The van der Waals surface area contributed by atoms with Crippen molar-refractivity contribution in [3.05, 3.63) is 68.9 Å². The Morgan fingerprint density at radius 2 is 1.84 bits per heavy atom. The van der Waals surface area contributed by atoms with Crippen molar-refractivity contribution < 1.29 is 4.39 Å². The third-order valence-electron chi connectivity index (χ3n) is 3.30. The predicted octanol–water partition coefficient (Wildman–Crippen LogP) is 3.76. The maximum atomic E-state index is 13.4. The standard InChI is InChI=1S/C15H16BrFN2/c1-9-3-4-11(7-10(9)2)15(19-18)13-8-12(17)5-6-14(13)16/h3-8,15,19H,18H2,1-2H3. The van der Waals surface area contributed by atoms with Crippen LogP contribution in [0.4, 0.5) is 4.39 Å². The first-order valence-corrected chi connectivity index (χ1v) is 6.80. The lowest BCUT2D eigenvalue weighted by atomic mass is 9.96. The van der Waals surface area contributed by atoms with Gasteiger partial charge in [0.1, 0.15) is 5.82 Å². The summed E-state index contributed by atoms with van der Waals surface area (Å²) in [6, 6.07) is 10.5. The summed E-state index contributed by atoms with van der Waals surface area (Å²) >= 11 is 3.44. The molecule has 0 radical (unpaired) electrons. The largest absolute Gasteiger partial charge is 0.271 e. The van der Waals surface area contributed by atoms with Gasteiger partial charge < -0.3 is 0 Å². The molecule has 0 aromatic heterocycles. The fraction of sp³-hybridized carbons (Fsp3) is 0.200. The van der Waals surface area contributed by atoms with Gasteiger partial charge in [0.2, 0.25) is 0 Å². The van der Waals surface area contributed by atoms with Gasteiger partial charge in [0.25, 0.3) is 0 Å². The number of rotatable bonds is 3. The van der Waals surface area contributed by atoms with E-state index in [0.29, 0.717) is 0 Å². The minimum atomic E-state index is -0.276. The molecule has 100 valence electrons. The zero-order valence-electron chi connectivity index (χ0n) is 10.9. The first-order valence-electron chi connectivity index (χ1n) is 6.01. The van der Waals surface area contributed by atoms with Gasteiger partial charge in [-0.1, -0.05) is 34.1 Å². The molecule has 2 nitrogen and oxygen atoms in total. The van der Waals surface area contributed by atoms with Gasteiger partial charge in [-0.3, -0.25) is 5.84 Å². The van der Waals surface area contributed by atoms with Gasteiger partial charge in [-0.05, 0) is 54.3 Å². The van der Waals surface area contributed by atoms with Crippen molar-refractivity contribution in [3.8, 4) is 0 Å². The smallest absolute Gasteiger partial charge is 0.123 e. The fourth-order valence-electron chi connectivity index (χ4n) is 2.05. The number of nitrogens with two attached hydrogens (primary N) is 1. The highest BCUT2D eigenvalue weighted by molar-refractivity contribution is 9.10. The van der Waals surface area contributed by atoms with Crippen molar-refractivity contribution in [3.63, 3.8) is 0 Å². The quantitative estimate of drug-likeness (QED) is 0.667. The molecule has 0 aliphatic carbocycles. The molecule has 2 aromatic rings. The molecule has 0 fully saturated rings. The van der Waals surface area contributed by atoms with Crippen LogP contribution in [0.5, 0.6) is 0 Å². The second-order valence-electron chi connectivity index (χ2n) is 4.61. The summed E-state index contributed by atoms with van der Waals surface area (Å²) < 4.78 is 14.2. The Bertz CT molecular complexity index is 599. The Morgan fingerprint density at radius 1 is 1.11 bits per heavy atom. The van der Waals surface area contributed by atoms with Crippen molar-refractivity contribution in [2.45, 2.75) is 19.9 Å². The van der Waals surface area contributed by atoms with E-state index in [-0.39, 0.29) is 11.9 Å². The molecule has 0 bridgehead atoms. The minimum absolute atomic E-state index is 0.246. The zero-order valence-corrected chi connectivity index (χ0v) is 12.5. The van der Waals surface area contributed by atoms with Crippen molar-refractivity contribution in [1.29, 1.82) is 0 Å². The van der Waals surface area contributed by atoms with Crippen LogP contribution in [-0.2, 0) is 0 Å². The zero-order chi connectivity index (χ0) is 14.0. The van der Waals surface area contributed by atoms with E-state index in [1.54, 1.807) is 6.07 Å². The second-order valence-corrected chi connectivity index (χ2v) is 5.46. The van der Waals surface area contributed by atoms with Crippen LogP contribution in [0.1, 0.15) is 28.3 Å². The van der Waals surface area contributed by atoms with Gasteiger partial charge in [-0.2, -0.15) is 0 Å². The topological polar surface area (TPSA) is 38.0 Å². The van der Waals surface area contributed by atoms with E-state index in [9.17, 15) is 4.39 Å². The highest BCUT2D eigenvalue weighted by atomic mass is 79.9. The first-order chi connectivity index (χ1) is 9.02. The van der Waals surface area contributed by atoms with Gasteiger partial charge in [-0.15, -0.1) is 0 Å². The van der Waals surface area contributed by atoms with Crippen LogP contribution in [0, 0.1) is 19.7 Å². The van der Waals surface area contributed by atoms with Crippen molar-refractivity contribution in [2.24, 2.45) is 5.84 Å². The number of benzene rings is 2. The predicted molar refractivity (Wildman–Crippen MR) is 79.2 cm³/mol. The van der Waals surface area contributed by atoms with E-state index in [4.69, 9.17) is 5.84 Å². The molecule has 0 saturated carbocycles. The monoisotopic (exact) mass is 322 g/mol. The molecule has 0 spiro atoms. The molecular weight excluding hydrogens is 307 g/mol. The van der Waals surface area contributed by atoms with Gasteiger partial charge in [0.05, 0.1) is 6.04 Å². The van der Waals surface area contributed by atoms with Crippen molar-refractivity contribution in [2.75, 3.05) is 0 Å². The molecule has 2 aromatic carbocycles. The van der Waals surface area contributed by atoms with Gasteiger partial charge in [0, 0.05) is 4.47 Å². The summed E-state index contributed by atoms with van der Waals surface area (Å²) in [7, 11) is 0. The minimum Gasteiger partial charge on any atom is -0.271 e. The summed E-state index contributed by atoms with van der Waals surface area (Å²) in [5.74, 6) is 5.37. The Balaban J connectivity index is 2.49. The van der Waals surface area contributed by atoms with E-state index in [1.807, 2.05) is 19.1 Å². The van der Waals surface area contributed by atoms with Crippen LogP contribution in [-0.4, -0.2) is 0 Å². The number of hydrogen-bond acceptors (Lipinski definition) is 2. The average molecular weight is 323 g/mol. The van der Waals surface area contributed by atoms with Gasteiger partial charge in [-0.25, -0.2) is 9.82 Å². The Kier molecular flexibility index (Phi) is 4.34. The Morgan fingerprint density at radius 3 is 2.47 bits per heavy atom. The van der Waals surface area contributed by atoms with Crippen molar-refractivity contribution >= 4 is 15.9 Å². The van der Waals surface area contributed by atoms with E-state index in [1.165, 1.54) is 23.3 Å². The van der Waals surface area contributed by atoms with Crippen LogP contribution in [0.15, 0.2) is 40.9 Å². The van der Waals surface area contributed by atoms with E-state index >= 15 is 0 Å². The molecule has 4 heteroatoms. The lowest BCUT2D eigenvalue weighted by molar-refractivity contribution is 0.603. The molecule has 1 atom stereocenters. The average Bonchev–Trinajstić information content (AvgIpc) is 2.38. The summed E-state index contributed by atoms with van der Waals surface area (Å²) in [6.45, 7) is 4.11. The number of hydrazine groups is 1. The Hall–Kier alpha value is -1.23. The molecule has 19 heavy (non-hydrogen) atoms. The normalized spacial score (nSPS) is 12.5. The SMILES string of the molecule is Cc1ccc(C(NN)c2cc(F)ccc2Br)cc1C. The fourth-order valence-corrected chi connectivity index (χ4v) is 2.52. The third-order valence-corrected chi connectivity index (χ3v) is 4.02. The molecular formula is C15H16BrFN2. The molecule has 2 rings (SSSR count). The maximum Gasteiger partial charge on any atom is 0.123 e. The summed E-state index contributed by atoms with van der Waals surface area (Å²) in [5, 5.41) is 0. The third kappa shape index (κ3) is 3.03. The number of nitrogens with one attached hydrogen (secondary N) is 1. The van der Waals surface area contributed by atoms with Crippen LogP contribution in [0.2, 0.25) is 0 Å². The summed E-state index contributed by atoms with van der Waals surface area (Å²) in [4.78, 5) is 0. The van der Waals surface area contributed by atoms with Crippen LogP contribution in [0.3, 0.4) is 0 Å². The number of hydrogen-bond donors (Lipinski definition) is 2. The van der Waals surface area contributed by atoms with E-state index in [0.717, 1.165) is 15.6 Å². The molecule has 0 aliphatic heterocycles. The van der Waals surface area contributed by atoms with Gasteiger partial charge in [0.15, 0.2) is 0 Å². The Labute approximate surface area is 120 Å². The van der Waals surface area contributed by atoms with E-state index < -0.39 is 0 Å². The van der Waals surface area contributed by atoms with E-state index in [2.05, 4.69) is 34.3 Å². The first kappa shape index (κ1) is 14.2. The molecule has 0 saturated heterocycles. The molecule has 3 N–H and O–H groups in total. The highest BCUT2D eigenvalue weighted by Crippen LogP contribution is 2.29. The molecule has 0 amide bonds. The second kappa shape index (κ2) is 5.82. The lowest BCUT2D eigenvalue weighted by Crippen LogP contribution is -2.29. The number of aryl methyl sites for hydroxylation is 2. The molecule has 0 aliphatic rings. The van der Waals surface area contributed by atoms with Crippen LogP contribution in [0.25, 0.3) is 0 Å². The lowest BCUT2D eigenvalue weighted by Gasteiger charge is -2.19. The molecule has 1 unspecified atom stereocenters. The maximum absolute atomic E-state index is 13.4. The number of halogens is 2. The molecule has 0 heterocycles. The summed E-state index contributed by atoms with van der Waals surface area (Å²) in [5.41, 5.74) is 6.95. The highest BCUT2D eigenvalue weighted by Gasteiger charge is 2.16. The van der Waals surface area contributed by atoms with Crippen molar-refractivity contribution in [1.82, 2.24) is 5.43 Å². The van der Waals surface area contributed by atoms with Crippen LogP contribution >= 0.6 is 15.9 Å². The summed E-state index contributed by atoms with van der Waals surface area (Å²) in [6.07, 6.45) is 0. The van der Waals surface area contributed by atoms with Crippen LogP contribution < -0.4 is 11.3 Å². The van der Waals surface area contributed by atoms with Gasteiger partial charge >= 0.3 is 0 Å².